The van der Waals surface area contributed by atoms with E-state index < -0.39 is 16.8 Å². The predicted molar refractivity (Wildman–Crippen MR) is 77.2 cm³/mol. The van der Waals surface area contributed by atoms with Crippen molar-refractivity contribution in [2.75, 3.05) is 6.54 Å². The second-order valence-electron chi connectivity index (χ2n) is 6.70. The van der Waals surface area contributed by atoms with Crippen LogP contribution in [0, 0.1) is 22.0 Å². The number of carbonyl (C=O) groups is 1. The Balaban J connectivity index is 2.24. The molecule has 21 heavy (non-hydrogen) atoms. The highest BCUT2D eigenvalue weighted by Gasteiger charge is 2.27. The Labute approximate surface area is 125 Å². The number of alkyl carbamates (subject to hydrolysis) is 1. The average Bonchev–Trinajstić information content (AvgIpc) is 2.34. The Morgan fingerprint density at radius 3 is 2.38 bits per heavy atom. The zero-order valence-corrected chi connectivity index (χ0v) is 13.3. The lowest BCUT2D eigenvalue weighted by molar-refractivity contribution is -0.769. The first-order valence-corrected chi connectivity index (χ1v) is 7.45. The van der Waals surface area contributed by atoms with Crippen molar-refractivity contribution in [2.24, 2.45) is 11.8 Å². The summed E-state index contributed by atoms with van der Waals surface area (Å²) in [6, 6.07) is 0. The summed E-state index contributed by atoms with van der Waals surface area (Å²) in [7, 11) is 0. The van der Waals surface area contributed by atoms with Crippen LogP contribution in [-0.4, -0.2) is 29.4 Å². The van der Waals surface area contributed by atoms with Crippen LogP contribution < -0.4 is 5.32 Å². The van der Waals surface area contributed by atoms with E-state index >= 15 is 0 Å². The fourth-order valence-corrected chi connectivity index (χ4v) is 2.63. The summed E-state index contributed by atoms with van der Waals surface area (Å²) in [6.07, 6.45) is 2.89. The van der Waals surface area contributed by atoms with Crippen molar-refractivity contribution in [1.82, 2.24) is 5.32 Å². The number of hydrogen-bond donors (Lipinski definition) is 1. The fraction of sp³-hybridized carbons (Fsp3) is 0.929. The number of carbonyl (C=O) groups excluding carboxylic acids is 1. The largest absolute Gasteiger partial charge is 0.444 e. The minimum absolute atomic E-state index is 0.216. The van der Waals surface area contributed by atoms with Gasteiger partial charge >= 0.3 is 6.09 Å². The molecule has 0 heterocycles. The third-order valence-corrected chi connectivity index (χ3v) is 3.74. The van der Waals surface area contributed by atoms with Crippen molar-refractivity contribution >= 4 is 6.09 Å². The molecule has 0 aliphatic heterocycles. The van der Waals surface area contributed by atoms with Gasteiger partial charge in [-0.3, -0.25) is 0 Å². The molecule has 0 aromatic carbocycles. The highest BCUT2D eigenvalue weighted by atomic mass is 17.0. The predicted octanol–water partition coefficient (Wildman–Crippen LogP) is 2.91. The van der Waals surface area contributed by atoms with Crippen LogP contribution in [0.1, 0.15) is 53.4 Å². The van der Waals surface area contributed by atoms with Gasteiger partial charge in [-0.15, -0.1) is 10.1 Å². The third-order valence-electron chi connectivity index (χ3n) is 3.74. The molecule has 7 heteroatoms. The van der Waals surface area contributed by atoms with E-state index in [9.17, 15) is 14.9 Å². The van der Waals surface area contributed by atoms with Gasteiger partial charge in [0.1, 0.15) is 11.7 Å². The molecule has 1 fully saturated rings. The molecule has 1 atom stereocenters. The standard InChI is InChI=1S/C14H26N2O5/c1-10(21-16(18)19)12-7-5-11(6-8-12)9-15-13(17)20-14(2,3)4/h10-12H,5-9H2,1-4H3,(H,15,17). The van der Waals surface area contributed by atoms with Gasteiger partial charge in [0.15, 0.2) is 0 Å². The Morgan fingerprint density at radius 1 is 1.33 bits per heavy atom. The SMILES string of the molecule is CC(O[N+](=O)[O-])C1CCC(CNC(=O)OC(C)(C)C)CC1. The summed E-state index contributed by atoms with van der Waals surface area (Å²) in [5, 5.41) is 12.4. The summed E-state index contributed by atoms with van der Waals surface area (Å²) in [6.45, 7) is 7.82. The molecular weight excluding hydrogens is 276 g/mol. The number of nitrogens with zero attached hydrogens (tertiary/aromatic N) is 1. The highest BCUT2D eigenvalue weighted by molar-refractivity contribution is 5.67. The summed E-state index contributed by atoms with van der Waals surface area (Å²) < 4.78 is 5.19. The first-order chi connectivity index (χ1) is 9.67. The lowest BCUT2D eigenvalue weighted by Gasteiger charge is -2.31. The van der Waals surface area contributed by atoms with Gasteiger partial charge in [0.2, 0.25) is 0 Å². The van der Waals surface area contributed by atoms with Crippen LogP contribution in [0.15, 0.2) is 0 Å². The monoisotopic (exact) mass is 302 g/mol. The van der Waals surface area contributed by atoms with Crippen molar-refractivity contribution in [1.29, 1.82) is 0 Å². The third kappa shape index (κ3) is 7.15. The van der Waals surface area contributed by atoms with Crippen LogP contribution >= 0.6 is 0 Å². The van der Waals surface area contributed by atoms with Crippen LogP contribution in [0.25, 0.3) is 0 Å². The molecule has 1 amide bonds. The van der Waals surface area contributed by atoms with E-state index in [0.717, 1.165) is 25.7 Å². The van der Waals surface area contributed by atoms with Crippen molar-refractivity contribution in [3.05, 3.63) is 10.1 Å². The lowest BCUT2D eigenvalue weighted by atomic mass is 9.80. The van der Waals surface area contributed by atoms with Gasteiger partial charge in [0.25, 0.3) is 5.09 Å². The molecule has 1 unspecified atom stereocenters. The molecule has 1 aliphatic rings. The van der Waals surface area contributed by atoms with Crippen molar-refractivity contribution in [3.8, 4) is 0 Å². The number of nitrogens with one attached hydrogen (secondary N) is 1. The maximum absolute atomic E-state index is 11.6. The summed E-state index contributed by atoms with van der Waals surface area (Å²) in [5.74, 6) is 0.616. The number of hydrogen-bond acceptors (Lipinski definition) is 5. The van der Waals surface area contributed by atoms with Crippen LogP contribution in [0.3, 0.4) is 0 Å². The molecule has 1 aliphatic carbocycles. The molecule has 1 rings (SSSR count). The maximum Gasteiger partial charge on any atom is 0.407 e. The van der Waals surface area contributed by atoms with E-state index in [1.165, 1.54) is 0 Å². The second-order valence-corrected chi connectivity index (χ2v) is 6.70. The maximum atomic E-state index is 11.6. The molecule has 0 saturated heterocycles. The van der Waals surface area contributed by atoms with Crippen LogP contribution in [-0.2, 0) is 9.57 Å². The minimum Gasteiger partial charge on any atom is -0.444 e. The molecule has 0 aromatic heterocycles. The Bertz CT molecular complexity index is 359. The van der Waals surface area contributed by atoms with Gasteiger partial charge in [-0.05, 0) is 65.2 Å². The van der Waals surface area contributed by atoms with E-state index in [1.807, 2.05) is 20.8 Å². The zero-order valence-electron chi connectivity index (χ0n) is 13.3. The van der Waals surface area contributed by atoms with Crippen molar-refractivity contribution in [3.63, 3.8) is 0 Å². The fourth-order valence-electron chi connectivity index (χ4n) is 2.63. The van der Waals surface area contributed by atoms with Gasteiger partial charge in [-0.2, -0.15) is 0 Å². The van der Waals surface area contributed by atoms with Crippen LogP contribution in [0.2, 0.25) is 0 Å². The van der Waals surface area contributed by atoms with Gasteiger partial charge in [0.05, 0.1) is 0 Å². The first kappa shape index (κ1) is 17.5. The molecule has 0 radical (unpaired) electrons. The number of rotatable bonds is 5. The lowest BCUT2D eigenvalue weighted by Crippen LogP contribution is -2.37. The molecule has 1 N–H and O–H groups in total. The van der Waals surface area contributed by atoms with Crippen LogP contribution in [0.4, 0.5) is 4.79 Å². The molecular formula is C14H26N2O5. The number of amides is 1. The first-order valence-electron chi connectivity index (χ1n) is 7.45. The molecule has 0 aromatic rings. The van der Waals surface area contributed by atoms with Crippen molar-refractivity contribution in [2.45, 2.75) is 65.1 Å². The topological polar surface area (TPSA) is 90.7 Å². The summed E-state index contributed by atoms with van der Waals surface area (Å²) in [4.78, 5) is 26.5. The van der Waals surface area contributed by atoms with Crippen molar-refractivity contribution < 1.29 is 19.5 Å². The van der Waals surface area contributed by atoms with E-state index in [0.29, 0.717) is 12.5 Å². The average molecular weight is 302 g/mol. The summed E-state index contributed by atoms with van der Waals surface area (Å²) >= 11 is 0. The van der Waals surface area contributed by atoms with Crippen LogP contribution in [0.5, 0.6) is 0 Å². The van der Waals surface area contributed by atoms with Gasteiger partial charge in [-0.25, -0.2) is 4.79 Å². The molecule has 122 valence electrons. The van der Waals surface area contributed by atoms with Gasteiger partial charge in [0, 0.05) is 6.54 Å². The minimum atomic E-state index is -0.721. The molecule has 0 spiro atoms. The Kier molecular flexibility index (Phi) is 6.23. The van der Waals surface area contributed by atoms with E-state index in [4.69, 9.17) is 4.74 Å². The molecule has 0 bridgehead atoms. The molecule has 1 saturated carbocycles. The highest BCUT2D eigenvalue weighted by Crippen LogP contribution is 2.31. The zero-order chi connectivity index (χ0) is 16.0. The Hall–Kier alpha value is -1.53. The van der Waals surface area contributed by atoms with Gasteiger partial charge < -0.3 is 14.9 Å². The van der Waals surface area contributed by atoms with E-state index in [2.05, 4.69) is 10.2 Å². The number of ether oxygens (including phenoxy) is 1. The summed E-state index contributed by atoms with van der Waals surface area (Å²) in [5.41, 5.74) is -0.489. The normalized spacial score (nSPS) is 24.0. The molecule has 7 nitrogen and oxygen atoms in total. The quantitative estimate of drug-likeness (QED) is 0.623. The second kappa shape index (κ2) is 7.47. The van der Waals surface area contributed by atoms with E-state index in [-0.39, 0.29) is 12.0 Å². The smallest absolute Gasteiger partial charge is 0.407 e. The van der Waals surface area contributed by atoms with E-state index in [1.54, 1.807) is 6.92 Å². The van der Waals surface area contributed by atoms with Gasteiger partial charge in [-0.1, -0.05) is 0 Å². The Morgan fingerprint density at radius 2 is 1.90 bits per heavy atom.